The Morgan fingerprint density at radius 2 is 1.54 bits per heavy atom. The number of benzene rings is 1. The summed E-state index contributed by atoms with van der Waals surface area (Å²) in [6.07, 6.45) is 2.70. The highest BCUT2D eigenvalue weighted by Gasteiger charge is 2.63. The first-order valence-corrected chi connectivity index (χ1v) is 19.9. The maximum atomic E-state index is 13.0. The zero-order valence-electron chi connectivity index (χ0n) is 28.4. The summed E-state index contributed by atoms with van der Waals surface area (Å²) in [5, 5.41) is 11.2. The molecular formula is C37H53F5O5S. The molecule has 5 nitrogen and oxygen atoms in total. The van der Waals surface area contributed by atoms with Crippen molar-refractivity contribution in [2.45, 2.75) is 134 Å². The van der Waals surface area contributed by atoms with Gasteiger partial charge in [-0.2, -0.15) is 22.0 Å². The van der Waals surface area contributed by atoms with Crippen molar-refractivity contribution in [3.63, 3.8) is 0 Å². The largest absolute Gasteiger partial charge is 0.494 e. The highest BCUT2D eigenvalue weighted by atomic mass is 32.2. The highest BCUT2D eigenvalue weighted by molar-refractivity contribution is 7.91. The van der Waals surface area contributed by atoms with Crippen LogP contribution < -0.4 is 4.74 Å². The first-order valence-electron chi connectivity index (χ1n) is 18.0. The fourth-order valence-corrected chi connectivity index (χ4v) is 11.7. The SMILES string of the molecule is C[C@]12CCC(=O)C[C@@H]1CC[C@@H]1[C@@H]2[C@@H](c2ccc(OCCCCCCCS(=O)(=O)CCCC(F)(F)C(F)(F)F)cc2)C[C@]2(C)[C@@H](O)CC[C@@H]12. The van der Waals surface area contributed by atoms with Gasteiger partial charge in [-0.3, -0.25) is 4.79 Å². The van der Waals surface area contributed by atoms with Crippen molar-refractivity contribution in [1.82, 2.24) is 0 Å². The van der Waals surface area contributed by atoms with Gasteiger partial charge < -0.3 is 9.84 Å². The van der Waals surface area contributed by atoms with Crippen LogP contribution in [-0.4, -0.2) is 55.6 Å². The monoisotopic (exact) mass is 704 g/mol. The number of aliphatic hydroxyl groups is 1. The van der Waals surface area contributed by atoms with Gasteiger partial charge in [0.2, 0.25) is 0 Å². The number of fused-ring (bicyclic) bond motifs is 5. The predicted octanol–water partition coefficient (Wildman–Crippen LogP) is 9.07. The number of halogens is 5. The standard InChI is InChI=1S/C37H53F5O5S/c1-34-19-17-27(43)23-26(34)11-14-29-31-15-16-32(44)35(31,2)24-30(33(29)34)25-9-12-28(13-10-25)47-20-6-4-3-5-7-21-48(45,46)22-8-18-36(38,39)37(40,41)42/h9-10,12-13,26,29-33,44H,3-8,11,14-24H2,1-2H3/t26-,29-,30+,31-,32-,33+,34-,35-/m0/s1. The van der Waals surface area contributed by atoms with Crippen LogP contribution in [0.2, 0.25) is 0 Å². The van der Waals surface area contributed by atoms with E-state index >= 15 is 0 Å². The van der Waals surface area contributed by atoms with Gasteiger partial charge >= 0.3 is 12.1 Å². The molecule has 4 saturated carbocycles. The summed E-state index contributed by atoms with van der Waals surface area (Å²) in [4.78, 5) is 12.5. The Morgan fingerprint density at radius 1 is 0.875 bits per heavy atom. The molecule has 48 heavy (non-hydrogen) atoms. The molecule has 5 rings (SSSR count). The Balaban J connectivity index is 1.08. The molecule has 8 atom stereocenters. The van der Waals surface area contributed by atoms with Crippen LogP contribution in [0, 0.1) is 34.5 Å². The Bertz CT molecular complexity index is 1360. The summed E-state index contributed by atoms with van der Waals surface area (Å²) in [6, 6.07) is 8.44. The first kappa shape index (κ1) is 37.5. The fraction of sp³-hybridized carbons (Fsp3) is 0.811. The number of hydrogen-bond donors (Lipinski definition) is 1. The van der Waals surface area contributed by atoms with E-state index in [4.69, 9.17) is 4.74 Å². The van der Waals surface area contributed by atoms with Gasteiger partial charge in [0, 0.05) is 19.3 Å². The summed E-state index contributed by atoms with van der Waals surface area (Å²) in [6.45, 7) is 5.27. The number of ether oxygens (including phenoxy) is 1. The molecule has 0 bridgehead atoms. The molecule has 0 aliphatic heterocycles. The molecule has 4 fully saturated rings. The fourth-order valence-electron chi connectivity index (χ4n) is 10.2. The van der Waals surface area contributed by atoms with E-state index in [0.717, 1.165) is 63.5 Å². The average molecular weight is 705 g/mol. The first-order chi connectivity index (χ1) is 22.5. The minimum absolute atomic E-state index is 0.0900. The van der Waals surface area contributed by atoms with Gasteiger partial charge in [0.1, 0.15) is 21.4 Å². The van der Waals surface area contributed by atoms with E-state index in [-0.39, 0.29) is 22.7 Å². The molecule has 0 heterocycles. The molecule has 4 aliphatic carbocycles. The number of aliphatic hydroxyl groups excluding tert-OH is 1. The third kappa shape index (κ3) is 7.92. The van der Waals surface area contributed by atoms with Crippen molar-refractivity contribution in [1.29, 1.82) is 0 Å². The second-order valence-corrected chi connectivity index (χ2v) is 18.2. The average Bonchev–Trinajstić information content (AvgIpc) is 3.31. The molecule has 0 amide bonds. The maximum Gasteiger partial charge on any atom is 0.453 e. The van der Waals surface area contributed by atoms with Crippen LogP contribution >= 0.6 is 0 Å². The lowest BCUT2D eigenvalue weighted by Crippen LogP contribution is -2.56. The number of carbonyl (C=O) groups is 1. The zero-order valence-corrected chi connectivity index (χ0v) is 29.2. The van der Waals surface area contributed by atoms with Gasteiger partial charge in [0.25, 0.3) is 0 Å². The highest BCUT2D eigenvalue weighted by Crippen LogP contribution is 2.69. The number of unbranched alkanes of at least 4 members (excludes halogenated alkanes) is 4. The second-order valence-electron chi connectivity index (χ2n) is 15.9. The second kappa shape index (κ2) is 14.5. The zero-order chi connectivity index (χ0) is 35.0. The number of hydrogen-bond acceptors (Lipinski definition) is 5. The van der Waals surface area contributed by atoms with Crippen molar-refractivity contribution in [2.75, 3.05) is 18.1 Å². The molecular weight excluding hydrogens is 651 g/mol. The van der Waals surface area contributed by atoms with E-state index in [2.05, 4.69) is 26.0 Å². The summed E-state index contributed by atoms with van der Waals surface area (Å²) in [7, 11) is -3.67. The Labute approximate surface area is 282 Å². The molecule has 0 unspecified atom stereocenters. The molecule has 1 N–H and O–H groups in total. The number of carbonyl (C=O) groups excluding carboxylic acids is 1. The Hall–Kier alpha value is -1.75. The molecule has 0 aromatic heterocycles. The molecule has 0 saturated heterocycles. The van der Waals surface area contributed by atoms with Crippen LogP contribution in [0.25, 0.3) is 0 Å². The molecule has 0 radical (unpaired) electrons. The lowest BCUT2D eigenvalue weighted by molar-refractivity contribution is -0.284. The summed E-state index contributed by atoms with van der Waals surface area (Å²) >= 11 is 0. The van der Waals surface area contributed by atoms with E-state index in [1.54, 1.807) is 0 Å². The smallest absolute Gasteiger partial charge is 0.453 e. The van der Waals surface area contributed by atoms with Crippen LogP contribution in [0.3, 0.4) is 0 Å². The number of alkyl halides is 5. The van der Waals surface area contributed by atoms with E-state index in [1.165, 1.54) is 5.56 Å². The van der Waals surface area contributed by atoms with Gasteiger partial charge in [-0.15, -0.1) is 0 Å². The number of sulfone groups is 1. The van der Waals surface area contributed by atoms with E-state index in [9.17, 15) is 40.3 Å². The van der Waals surface area contributed by atoms with Crippen molar-refractivity contribution < 1.29 is 45.0 Å². The molecule has 11 heteroatoms. The lowest BCUT2D eigenvalue weighted by Gasteiger charge is -2.62. The summed E-state index contributed by atoms with van der Waals surface area (Å²) in [5.41, 5.74) is 1.33. The van der Waals surface area contributed by atoms with Crippen molar-refractivity contribution >= 4 is 15.6 Å². The quantitative estimate of drug-likeness (QED) is 0.154. The van der Waals surface area contributed by atoms with Crippen LogP contribution in [-0.2, 0) is 14.6 Å². The number of Topliss-reactive ketones (excluding diaryl/α,β-unsaturated/α-hetero) is 1. The van der Waals surface area contributed by atoms with E-state index < -0.39 is 40.5 Å². The molecule has 1 aromatic rings. The van der Waals surface area contributed by atoms with Crippen LogP contribution in [0.15, 0.2) is 24.3 Å². The van der Waals surface area contributed by atoms with Crippen LogP contribution in [0.5, 0.6) is 5.75 Å². The van der Waals surface area contributed by atoms with Gasteiger partial charge in [-0.1, -0.05) is 45.2 Å². The predicted molar refractivity (Wildman–Crippen MR) is 175 cm³/mol. The molecule has 0 spiro atoms. The van der Waals surface area contributed by atoms with Gasteiger partial charge in [-0.25, -0.2) is 8.42 Å². The van der Waals surface area contributed by atoms with E-state index in [0.29, 0.717) is 67.7 Å². The molecule has 4 aliphatic rings. The third-order valence-electron chi connectivity index (χ3n) is 12.9. The summed E-state index contributed by atoms with van der Waals surface area (Å²) < 4.78 is 92.9. The summed E-state index contributed by atoms with van der Waals surface area (Å²) in [5.74, 6) is -2.21. The normalized spacial score (nSPS) is 34.0. The van der Waals surface area contributed by atoms with E-state index in [1.807, 2.05) is 12.1 Å². The van der Waals surface area contributed by atoms with Crippen molar-refractivity contribution in [3.8, 4) is 5.75 Å². The number of rotatable bonds is 14. The minimum Gasteiger partial charge on any atom is -0.494 e. The van der Waals surface area contributed by atoms with Gasteiger partial charge in [0.05, 0.1) is 24.2 Å². The topological polar surface area (TPSA) is 80.7 Å². The van der Waals surface area contributed by atoms with Crippen molar-refractivity contribution in [2.24, 2.45) is 34.5 Å². The molecule has 272 valence electrons. The molecule has 1 aromatic carbocycles. The number of ketones is 1. The lowest BCUT2D eigenvalue weighted by atomic mass is 9.42. The minimum atomic E-state index is -5.66. The Morgan fingerprint density at radius 3 is 2.25 bits per heavy atom. The van der Waals surface area contributed by atoms with Crippen molar-refractivity contribution in [3.05, 3.63) is 29.8 Å². The van der Waals surface area contributed by atoms with Crippen LogP contribution in [0.1, 0.15) is 122 Å². The van der Waals surface area contributed by atoms with Gasteiger partial charge in [-0.05, 0) is 116 Å². The van der Waals surface area contributed by atoms with Gasteiger partial charge in [0.15, 0.2) is 0 Å². The Kier molecular flexibility index (Phi) is 11.3. The third-order valence-corrected chi connectivity index (χ3v) is 14.7. The maximum absolute atomic E-state index is 13.0. The van der Waals surface area contributed by atoms with Crippen LogP contribution in [0.4, 0.5) is 22.0 Å².